The second-order valence-corrected chi connectivity index (χ2v) is 4.99. The Bertz CT molecular complexity index is 598. The maximum Gasteiger partial charge on any atom is 0.175 e. The molecule has 2 aromatic rings. The molecular weight excluding hydrogens is 310 g/mol. The summed E-state index contributed by atoms with van der Waals surface area (Å²) < 4.78 is 11.8. The molecule has 0 aliphatic carbocycles. The first-order chi connectivity index (χ1) is 9.28. The molecule has 1 aliphatic heterocycles. The van der Waals surface area contributed by atoms with Crippen LogP contribution in [0.5, 0.6) is 11.5 Å². The first-order valence-corrected chi connectivity index (χ1v) is 6.86. The van der Waals surface area contributed by atoms with Crippen molar-refractivity contribution in [3.8, 4) is 22.8 Å². The first-order valence-electron chi connectivity index (χ1n) is 6.07. The van der Waals surface area contributed by atoms with E-state index in [9.17, 15) is 0 Å². The minimum absolute atomic E-state index is 0.587. The number of ether oxygens (including phenoxy) is 2. The summed E-state index contributed by atoms with van der Waals surface area (Å²) >= 11 is 3.37. The average Bonchev–Trinajstić information content (AvgIpc) is 2.80. The third-order valence-corrected chi connectivity index (χ3v) is 3.29. The van der Waals surface area contributed by atoms with Gasteiger partial charge in [0.2, 0.25) is 0 Å². The van der Waals surface area contributed by atoms with E-state index in [2.05, 4.69) is 31.2 Å². The normalized spacial score (nSPS) is 13.6. The predicted molar refractivity (Wildman–Crippen MR) is 75.5 cm³/mol. The van der Waals surface area contributed by atoms with Gasteiger partial charge in [0.1, 0.15) is 13.2 Å². The van der Waals surface area contributed by atoms with Crippen LogP contribution < -0.4 is 14.8 Å². The van der Waals surface area contributed by atoms with Crippen LogP contribution >= 0.6 is 15.9 Å². The summed E-state index contributed by atoms with van der Waals surface area (Å²) in [5.74, 6) is 1.57. The standard InChI is InChI=1S/C13H14BrN3O2/c1-15-7-9-12(17-13(14)16-9)8-2-3-10-11(6-8)19-5-4-18-10/h2-3,6,15H,4-5,7H2,1H3,(H,16,17). The van der Waals surface area contributed by atoms with Crippen LogP contribution in [0.15, 0.2) is 22.9 Å². The summed E-state index contributed by atoms with van der Waals surface area (Å²) in [6, 6.07) is 5.89. The smallest absolute Gasteiger partial charge is 0.175 e. The molecule has 2 heterocycles. The van der Waals surface area contributed by atoms with Crippen LogP contribution in [0, 0.1) is 0 Å². The van der Waals surface area contributed by atoms with E-state index >= 15 is 0 Å². The van der Waals surface area contributed by atoms with Crippen LogP contribution in [0.1, 0.15) is 5.69 Å². The molecule has 0 unspecified atom stereocenters. The van der Waals surface area contributed by atoms with Crippen molar-refractivity contribution in [2.45, 2.75) is 6.54 Å². The summed E-state index contributed by atoms with van der Waals surface area (Å²) in [5, 5.41) is 3.12. The van der Waals surface area contributed by atoms with E-state index < -0.39 is 0 Å². The molecule has 0 saturated carbocycles. The summed E-state index contributed by atoms with van der Waals surface area (Å²) in [6.07, 6.45) is 0. The molecule has 3 rings (SSSR count). The number of H-pyrrole nitrogens is 1. The number of hydrogen-bond donors (Lipinski definition) is 2. The topological polar surface area (TPSA) is 59.2 Å². The van der Waals surface area contributed by atoms with Crippen molar-refractivity contribution >= 4 is 15.9 Å². The molecule has 1 aromatic heterocycles. The molecule has 100 valence electrons. The van der Waals surface area contributed by atoms with Crippen molar-refractivity contribution < 1.29 is 9.47 Å². The number of imidazole rings is 1. The molecule has 6 heteroatoms. The number of fused-ring (bicyclic) bond motifs is 1. The molecule has 2 N–H and O–H groups in total. The summed E-state index contributed by atoms with van der Waals surface area (Å²) in [6.45, 7) is 1.91. The lowest BCUT2D eigenvalue weighted by molar-refractivity contribution is 0.171. The molecule has 1 aliphatic rings. The summed E-state index contributed by atoms with van der Waals surface area (Å²) in [5.41, 5.74) is 2.96. The van der Waals surface area contributed by atoms with Crippen LogP contribution in [0.4, 0.5) is 0 Å². The van der Waals surface area contributed by atoms with Crippen molar-refractivity contribution in [2.24, 2.45) is 0 Å². The van der Waals surface area contributed by atoms with Gasteiger partial charge in [-0.1, -0.05) is 0 Å². The monoisotopic (exact) mass is 323 g/mol. The zero-order valence-corrected chi connectivity index (χ0v) is 12.1. The van der Waals surface area contributed by atoms with E-state index in [1.54, 1.807) is 0 Å². The van der Waals surface area contributed by atoms with Gasteiger partial charge in [-0.2, -0.15) is 0 Å². The summed E-state index contributed by atoms with van der Waals surface area (Å²) in [4.78, 5) is 7.67. The highest BCUT2D eigenvalue weighted by Crippen LogP contribution is 2.35. The predicted octanol–water partition coefficient (Wildman–Crippen LogP) is 2.33. The van der Waals surface area contributed by atoms with E-state index in [-0.39, 0.29) is 0 Å². The van der Waals surface area contributed by atoms with E-state index in [0.717, 1.165) is 39.7 Å². The Hall–Kier alpha value is -1.53. The van der Waals surface area contributed by atoms with Gasteiger partial charge in [-0.25, -0.2) is 4.98 Å². The molecule has 1 aromatic carbocycles. The third kappa shape index (κ3) is 2.46. The second-order valence-electron chi connectivity index (χ2n) is 4.24. The number of rotatable bonds is 3. The van der Waals surface area contributed by atoms with Gasteiger partial charge < -0.3 is 19.8 Å². The molecule has 0 amide bonds. The van der Waals surface area contributed by atoms with Gasteiger partial charge in [-0.15, -0.1) is 0 Å². The van der Waals surface area contributed by atoms with Crippen molar-refractivity contribution in [1.29, 1.82) is 0 Å². The Balaban J connectivity index is 2.01. The zero-order chi connectivity index (χ0) is 13.2. The maximum atomic E-state index is 5.60. The number of aromatic amines is 1. The Morgan fingerprint density at radius 1 is 1.32 bits per heavy atom. The molecule has 0 bridgehead atoms. The third-order valence-electron chi connectivity index (χ3n) is 2.92. The number of halogens is 1. The van der Waals surface area contributed by atoms with Gasteiger partial charge in [-0.3, -0.25) is 0 Å². The lowest BCUT2D eigenvalue weighted by Gasteiger charge is -2.18. The molecule has 0 saturated heterocycles. The number of nitrogens with zero attached hydrogens (tertiary/aromatic N) is 1. The summed E-state index contributed by atoms with van der Waals surface area (Å²) in [7, 11) is 1.91. The van der Waals surface area contributed by atoms with E-state index in [1.807, 2.05) is 25.2 Å². The number of aromatic nitrogens is 2. The Labute approximate surface area is 119 Å². The highest BCUT2D eigenvalue weighted by atomic mass is 79.9. The van der Waals surface area contributed by atoms with Crippen molar-refractivity contribution in [1.82, 2.24) is 15.3 Å². The zero-order valence-electron chi connectivity index (χ0n) is 10.5. The molecule has 0 atom stereocenters. The lowest BCUT2D eigenvalue weighted by atomic mass is 10.1. The highest BCUT2D eigenvalue weighted by molar-refractivity contribution is 9.10. The quantitative estimate of drug-likeness (QED) is 0.910. The van der Waals surface area contributed by atoms with Gasteiger partial charge in [0.25, 0.3) is 0 Å². The molecule has 0 fully saturated rings. The molecular formula is C13H14BrN3O2. The van der Waals surface area contributed by atoms with Gasteiger partial charge in [0.05, 0.1) is 11.4 Å². The van der Waals surface area contributed by atoms with E-state index in [0.29, 0.717) is 13.2 Å². The van der Waals surface area contributed by atoms with Crippen LogP contribution in [-0.2, 0) is 6.54 Å². The Kier molecular flexibility index (Phi) is 3.44. The fraction of sp³-hybridized carbons (Fsp3) is 0.308. The number of nitrogens with one attached hydrogen (secondary N) is 2. The minimum atomic E-state index is 0.587. The number of benzene rings is 1. The maximum absolute atomic E-state index is 5.60. The van der Waals surface area contributed by atoms with E-state index in [4.69, 9.17) is 9.47 Å². The van der Waals surface area contributed by atoms with Crippen LogP contribution in [0.25, 0.3) is 11.3 Å². The molecule has 0 spiro atoms. The highest BCUT2D eigenvalue weighted by Gasteiger charge is 2.16. The molecule has 5 nitrogen and oxygen atoms in total. The lowest BCUT2D eigenvalue weighted by Crippen LogP contribution is -2.15. The van der Waals surface area contributed by atoms with Gasteiger partial charge in [-0.05, 0) is 41.2 Å². The SMILES string of the molecule is CNCc1[nH]c(Br)nc1-c1ccc2c(c1)OCCO2. The first kappa shape index (κ1) is 12.5. The minimum Gasteiger partial charge on any atom is -0.486 e. The fourth-order valence-electron chi connectivity index (χ4n) is 2.11. The Morgan fingerprint density at radius 2 is 2.11 bits per heavy atom. The van der Waals surface area contributed by atoms with Gasteiger partial charge >= 0.3 is 0 Å². The average molecular weight is 324 g/mol. The second kappa shape index (κ2) is 5.22. The molecule has 0 radical (unpaired) electrons. The van der Waals surface area contributed by atoms with Crippen LogP contribution in [-0.4, -0.2) is 30.2 Å². The van der Waals surface area contributed by atoms with Crippen LogP contribution in [0.2, 0.25) is 0 Å². The van der Waals surface area contributed by atoms with Crippen molar-refractivity contribution in [3.05, 3.63) is 28.6 Å². The van der Waals surface area contributed by atoms with Crippen molar-refractivity contribution in [3.63, 3.8) is 0 Å². The number of hydrogen-bond acceptors (Lipinski definition) is 4. The van der Waals surface area contributed by atoms with Crippen LogP contribution in [0.3, 0.4) is 0 Å². The van der Waals surface area contributed by atoms with Gasteiger partial charge in [0, 0.05) is 12.1 Å². The van der Waals surface area contributed by atoms with E-state index in [1.165, 1.54) is 0 Å². The largest absolute Gasteiger partial charge is 0.486 e. The fourth-order valence-corrected chi connectivity index (χ4v) is 2.53. The van der Waals surface area contributed by atoms with Gasteiger partial charge in [0.15, 0.2) is 16.2 Å². The van der Waals surface area contributed by atoms with Crippen molar-refractivity contribution in [2.75, 3.05) is 20.3 Å². The molecule has 19 heavy (non-hydrogen) atoms. The Morgan fingerprint density at radius 3 is 2.89 bits per heavy atom.